The summed E-state index contributed by atoms with van der Waals surface area (Å²) in [5, 5.41) is 3.86. The van der Waals surface area contributed by atoms with Crippen LogP contribution >= 0.6 is 0 Å². The molecule has 1 heterocycles. The number of amides is 1. The fourth-order valence-corrected chi connectivity index (χ4v) is 2.19. The highest BCUT2D eigenvalue weighted by Crippen LogP contribution is 2.21. The Morgan fingerprint density at radius 3 is 2.48 bits per heavy atom. The van der Waals surface area contributed by atoms with Gasteiger partial charge in [-0.05, 0) is 29.3 Å². The first kappa shape index (κ1) is 16.4. The van der Waals surface area contributed by atoms with Crippen LogP contribution in [0, 0.1) is 0 Å². The molecule has 0 saturated heterocycles. The van der Waals surface area contributed by atoms with E-state index in [2.05, 4.69) is 15.5 Å². The molecule has 0 aliphatic carbocycles. The number of aromatic nitrogens is 1. The van der Waals surface area contributed by atoms with Gasteiger partial charge in [-0.25, -0.2) is 5.43 Å². The molecule has 0 saturated carbocycles. The van der Waals surface area contributed by atoms with Gasteiger partial charge in [-0.1, -0.05) is 48.5 Å². The zero-order chi connectivity index (χ0) is 17.3. The van der Waals surface area contributed by atoms with Gasteiger partial charge in [0.25, 0.3) is 5.91 Å². The summed E-state index contributed by atoms with van der Waals surface area (Å²) in [7, 11) is 0. The van der Waals surface area contributed by atoms with Crippen molar-refractivity contribution >= 4 is 12.1 Å². The monoisotopic (exact) mass is 331 g/mol. The molecule has 3 rings (SSSR count). The topological polar surface area (TPSA) is 63.6 Å². The van der Waals surface area contributed by atoms with Crippen molar-refractivity contribution in [1.82, 2.24) is 10.4 Å². The Labute approximate surface area is 146 Å². The number of rotatable bonds is 6. The van der Waals surface area contributed by atoms with Gasteiger partial charge in [0, 0.05) is 18.0 Å². The average molecular weight is 331 g/mol. The molecule has 5 heteroatoms. The van der Waals surface area contributed by atoms with Crippen LogP contribution in [0.15, 0.2) is 84.2 Å². The fraction of sp³-hybridized carbons (Fsp3) is 0.0500. The minimum Gasteiger partial charge on any atom is -0.484 e. The third kappa shape index (κ3) is 5.00. The van der Waals surface area contributed by atoms with Crippen molar-refractivity contribution in [3.05, 3.63) is 84.7 Å². The molecule has 1 aromatic heterocycles. The lowest BCUT2D eigenvalue weighted by Gasteiger charge is -2.06. The van der Waals surface area contributed by atoms with E-state index in [0.29, 0.717) is 5.75 Å². The number of hydrogen-bond donors (Lipinski definition) is 1. The summed E-state index contributed by atoms with van der Waals surface area (Å²) >= 11 is 0. The summed E-state index contributed by atoms with van der Waals surface area (Å²) in [5.74, 6) is 0.304. The van der Waals surface area contributed by atoms with Crippen molar-refractivity contribution in [2.24, 2.45) is 5.10 Å². The molecule has 5 nitrogen and oxygen atoms in total. The molecular weight excluding hydrogens is 314 g/mol. The van der Waals surface area contributed by atoms with Gasteiger partial charge in [-0.2, -0.15) is 5.10 Å². The summed E-state index contributed by atoms with van der Waals surface area (Å²) in [5.41, 5.74) is 5.45. The standard InChI is InChI=1S/C20H17N3O2/c24-20(23-22-14-16-5-4-12-21-13-16)15-25-19-10-8-18(9-11-19)17-6-2-1-3-7-17/h1-14H,15H2,(H,23,24)/b22-14-. The molecule has 0 spiro atoms. The van der Waals surface area contributed by atoms with Crippen LogP contribution < -0.4 is 10.2 Å². The van der Waals surface area contributed by atoms with Crippen molar-refractivity contribution in [3.8, 4) is 16.9 Å². The molecule has 25 heavy (non-hydrogen) atoms. The lowest BCUT2D eigenvalue weighted by Crippen LogP contribution is -2.24. The Balaban J connectivity index is 1.48. The lowest BCUT2D eigenvalue weighted by atomic mass is 10.1. The predicted molar refractivity (Wildman–Crippen MR) is 97.3 cm³/mol. The minimum atomic E-state index is -0.327. The van der Waals surface area contributed by atoms with Crippen LogP contribution in [-0.2, 0) is 4.79 Å². The third-order valence-corrected chi connectivity index (χ3v) is 3.42. The zero-order valence-electron chi connectivity index (χ0n) is 13.5. The largest absolute Gasteiger partial charge is 0.484 e. The maximum absolute atomic E-state index is 11.7. The molecule has 0 unspecified atom stereocenters. The van der Waals surface area contributed by atoms with Crippen molar-refractivity contribution in [2.75, 3.05) is 6.61 Å². The quantitative estimate of drug-likeness (QED) is 0.557. The highest BCUT2D eigenvalue weighted by atomic mass is 16.5. The second-order valence-corrected chi connectivity index (χ2v) is 5.26. The van der Waals surface area contributed by atoms with E-state index in [1.54, 1.807) is 18.5 Å². The number of hydrogen-bond acceptors (Lipinski definition) is 4. The van der Waals surface area contributed by atoms with E-state index in [1.165, 1.54) is 6.21 Å². The summed E-state index contributed by atoms with van der Waals surface area (Å²) in [4.78, 5) is 15.7. The molecule has 3 aromatic rings. The summed E-state index contributed by atoms with van der Waals surface area (Å²) in [6.45, 7) is -0.102. The van der Waals surface area contributed by atoms with Crippen LogP contribution in [-0.4, -0.2) is 23.7 Å². The van der Waals surface area contributed by atoms with E-state index >= 15 is 0 Å². The Kier molecular flexibility index (Phi) is 5.51. The Morgan fingerprint density at radius 2 is 1.76 bits per heavy atom. The van der Waals surface area contributed by atoms with E-state index in [4.69, 9.17) is 4.74 Å². The second-order valence-electron chi connectivity index (χ2n) is 5.26. The summed E-state index contributed by atoms with van der Waals surface area (Å²) in [6.07, 6.45) is 4.85. The van der Waals surface area contributed by atoms with E-state index in [9.17, 15) is 4.79 Å². The number of carbonyl (C=O) groups excluding carboxylic acids is 1. The number of nitrogens with one attached hydrogen (secondary N) is 1. The number of hydrazone groups is 1. The van der Waals surface area contributed by atoms with Gasteiger partial charge in [0.2, 0.25) is 0 Å². The first-order valence-electron chi connectivity index (χ1n) is 7.81. The molecule has 1 N–H and O–H groups in total. The van der Waals surface area contributed by atoms with Gasteiger partial charge in [0.1, 0.15) is 5.75 Å². The number of nitrogens with zero attached hydrogens (tertiary/aromatic N) is 2. The molecule has 0 fully saturated rings. The number of benzene rings is 2. The van der Waals surface area contributed by atoms with Crippen LogP contribution in [0.3, 0.4) is 0 Å². The van der Waals surface area contributed by atoms with Gasteiger partial charge in [0.15, 0.2) is 6.61 Å². The SMILES string of the molecule is O=C(COc1ccc(-c2ccccc2)cc1)N/N=C\c1cccnc1. The normalized spacial score (nSPS) is 10.6. The maximum atomic E-state index is 11.7. The first-order chi connectivity index (χ1) is 12.3. The molecule has 0 bridgehead atoms. The van der Waals surface area contributed by atoms with Gasteiger partial charge in [0.05, 0.1) is 6.21 Å². The highest BCUT2D eigenvalue weighted by molar-refractivity contribution is 5.82. The fourth-order valence-electron chi connectivity index (χ4n) is 2.19. The van der Waals surface area contributed by atoms with Gasteiger partial charge in [-0.15, -0.1) is 0 Å². The molecule has 2 aromatic carbocycles. The Hall–Kier alpha value is -3.47. The smallest absolute Gasteiger partial charge is 0.277 e. The van der Waals surface area contributed by atoms with E-state index in [1.807, 2.05) is 60.7 Å². The average Bonchev–Trinajstić information content (AvgIpc) is 2.68. The Bertz CT molecular complexity index is 832. The van der Waals surface area contributed by atoms with Gasteiger partial charge < -0.3 is 4.74 Å². The van der Waals surface area contributed by atoms with Crippen LogP contribution in [0.1, 0.15) is 5.56 Å². The van der Waals surface area contributed by atoms with Gasteiger partial charge >= 0.3 is 0 Å². The molecule has 0 aliphatic rings. The van der Waals surface area contributed by atoms with Gasteiger partial charge in [-0.3, -0.25) is 9.78 Å². The minimum absolute atomic E-state index is 0.102. The summed E-state index contributed by atoms with van der Waals surface area (Å²) < 4.78 is 5.46. The first-order valence-corrected chi connectivity index (χ1v) is 7.81. The number of pyridine rings is 1. The molecular formula is C20H17N3O2. The lowest BCUT2D eigenvalue weighted by molar-refractivity contribution is -0.123. The molecule has 0 radical (unpaired) electrons. The molecule has 1 amide bonds. The predicted octanol–water partition coefficient (Wildman–Crippen LogP) is 3.28. The van der Waals surface area contributed by atoms with Crippen LogP contribution in [0.25, 0.3) is 11.1 Å². The maximum Gasteiger partial charge on any atom is 0.277 e. The summed E-state index contributed by atoms with van der Waals surface area (Å²) in [6, 6.07) is 21.3. The van der Waals surface area contributed by atoms with Crippen molar-refractivity contribution < 1.29 is 9.53 Å². The highest BCUT2D eigenvalue weighted by Gasteiger charge is 2.02. The third-order valence-electron chi connectivity index (χ3n) is 3.42. The van der Waals surface area contributed by atoms with Crippen molar-refractivity contribution in [1.29, 1.82) is 0 Å². The number of ether oxygens (including phenoxy) is 1. The molecule has 124 valence electrons. The van der Waals surface area contributed by atoms with E-state index in [0.717, 1.165) is 16.7 Å². The van der Waals surface area contributed by atoms with E-state index < -0.39 is 0 Å². The van der Waals surface area contributed by atoms with Crippen molar-refractivity contribution in [2.45, 2.75) is 0 Å². The van der Waals surface area contributed by atoms with Crippen LogP contribution in [0.5, 0.6) is 5.75 Å². The Morgan fingerprint density at radius 1 is 1.00 bits per heavy atom. The second kappa shape index (κ2) is 8.40. The van der Waals surface area contributed by atoms with Crippen molar-refractivity contribution in [3.63, 3.8) is 0 Å². The zero-order valence-corrected chi connectivity index (χ0v) is 13.5. The van der Waals surface area contributed by atoms with E-state index in [-0.39, 0.29) is 12.5 Å². The number of carbonyl (C=O) groups is 1. The molecule has 0 atom stereocenters. The van der Waals surface area contributed by atoms with Crippen LogP contribution in [0.4, 0.5) is 0 Å². The molecule has 0 aliphatic heterocycles. The van der Waals surface area contributed by atoms with Crippen LogP contribution in [0.2, 0.25) is 0 Å².